The molecule has 2 aliphatic carbocycles. The molecule has 0 radical (unpaired) electrons. The van der Waals surface area contributed by atoms with E-state index >= 15 is 0 Å². The maximum atomic E-state index is 7.21. The molecule has 10 aromatic rings. The Hall–Kier alpha value is -7.62. The van der Waals surface area contributed by atoms with Crippen molar-refractivity contribution in [2.45, 2.75) is 18.4 Å². The van der Waals surface area contributed by atoms with E-state index in [1.807, 2.05) is 0 Å². The first-order chi connectivity index (χ1) is 29.7. The molecule has 13 rings (SSSR count). The highest BCUT2D eigenvalue weighted by molar-refractivity contribution is 6.17. The second-order valence-corrected chi connectivity index (χ2v) is 16.4. The van der Waals surface area contributed by atoms with E-state index in [0.29, 0.717) is 5.92 Å². The molecule has 3 nitrogen and oxygen atoms in total. The second-order valence-electron chi connectivity index (χ2n) is 16.4. The van der Waals surface area contributed by atoms with Crippen LogP contribution in [-0.2, 0) is 0 Å². The van der Waals surface area contributed by atoms with E-state index in [2.05, 4.69) is 210 Å². The van der Waals surface area contributed by atoms with Crippen LogP contribution in [0.25, 0.3) is 83.3 Å². The lowest BCUT2D eigenvalue weighted by atomic mass is 9.85. The molecule has 0 bridgehead atoms. The summed E-state index contributed by atoms with van der Waals surface area (Å²) in [5.74, 6) is 0.400. The van der Waals surface area contributed by atoms with Crippen LogP contribution in [0.3, 0.4) is 0 Å². The first kappa shape index (κ1) is 33.4. The quantitative estimate of drug-likeness (QED) is 0.189. The van der Waals surface area contributed by atoms with Crippen molar-refractivity contribution in [1.82, 2.24) is 4.57 Å². The summed E-state index contributed by atoms with van der Waals surface area (Å²) in [6, 6.07) is 63.8. The van der Waals surface area contributed by atoms with E-state index in [4.69, 9.17) is 4.42 Å². The third-order valence-corrected chi connectivity index (χ3v) is 13.0. The number of anilines is 1. The molecule has 8 aromatic carbocycles. The Labute approximate surface area is 347 Å². The highest BCUT2D eigenvalue weighted by Gasteiger charge is 2.39. The van der Waals surface area contributed by atoms with Gasteiger partial charge in [0.05, 0.1) is 22.8 Å². The van der Waals surface area contributed by atoms with Crippen molar-refractivity contribution in [3.05, 3.63) is 228 Å². The van der Waals surface area contributed by atoms with Gasteiger partial charge in [-0.2, -0.15) is 0 Å². The molecule has 0 amide bonds. The minimum Gasteiger partial charge on any atom is -0.454 e. The second kappa shape index (κ2) is 12.9. The normalized spacial score (nSPS) is 16.5. The maximum Gasteiger partial charge on any atom is 0.159 e. The number of allylic oxidation sites excluding steroid dienone is 3. The van der Waals surface area contributed by atoms with Gasteiger partial charge in [-0.15, -0.1) is 0 Å². The smallest absolute Gasteiger partial charge is 0.159 e. The number of furan rings is 1. The summed E-state index contributed by atoms with van der Waals surface area (Å²) in [4.78, 5) is 0. The third kappa shape index (κ3) is 5.09. The van der Waals surface area contributed by atoms with Crippen LogP contribution < -0.4 is 5.32 Å². The molecule has 2 aromatic heterocycles. The van der Waals surface area contributed by atoms with Crippen molar-refractivity contribution in [2.24, 2.45) is 0 Å². The summed E-state index contributed by atoms with van der Waals surface area (Å²) in [6.45, 7) is 0. The zero-order valence-corrected chi connectivity index (χ0v) is 32.8. The minimum atomic E-state index is 0.113. The van der Waals surface area contributed by atoms with Crippen LogP contribution in [0.15, 0.2) is 204 Å². The van der Waals surface area contributed by atoms with Crippen LogP contribution in [0, 0.1) is 0 Å². The van der Waals surface area contributed by atoms with Gasteiger partial charge in [0.1, 0.15) is 5.58 Å². The monoisotopic (exact) mass is 766 g/mol. The molecule has 2 unspecified atom stereocenters. The summed E-state index contributed by atoms with van der Waals surface area (Å²) in [5, 5.41) is 8.69. The van der Waals surface area contributed by atoms with Gasteiger partial charge >= 0.3 is 0 Å². The van der Waals surface area contributed by atoms with Gasteiger partial charge in [0, 0.05) is 33.2 Å². The van der Waals surface area contributed by atoms with Crippen LogP contribution in [0.2, 0.25) is 0 Å². The van der Waals surface area contributed by atoms with E-state index in [1.165, 1.54) is 66.6 Å². The minimum absolute atomic E-state index is 0.113. The lowest BCUT2D eigenvalue weighted by Crippen LogP contribution is -2.15. The van der Waals surface area contributed by atoms with Crippen molar-refractivity contribution >= 4 is 61.1 Å². The summed E-state index contributed by atoms with van der Waals surface area (Å²) in [7, 11) is 0. The van der Waals surface area contributed by atoms with Crippen molar-refractivity contribution in [1.29, 1.82) is 0 Å². The first-order valence-corrected chi connectivity index (χ1v) is 21.0. The zero-order chi connectivity index (χ0) is 39.3. The van der Waals surface area contributed by atoms with Crippen LogP contribution in [0.1, 0.15) is 46.2 Å². The van der Waals surface area contributed by atoms with Crippen LogP contribution in [0.5, 0.6) is 0 Å². The van der Waals surface area contributed by atoms with Crippen molar-refractivity contribution in [3.63, 3.8) is 0 Å². The van der Waals surface area contributed by atoms with Gasteiger partial charge in [0.2, 0.25) is 0 Å². The van der Waals surface area contributed by atoms with E-state index in [-0.39, 0.29) is 6.04 Å². The third-order valence-electron chi connectivity index (χ3n) is 13.0. The van der Waals surface area contributed by atoms with E-state index in [0.717, 1.165) is 56.2 Å². The molecule has 1 saturated carbocycles. The summed E-state index contributed by atoms with van der Waals surface area (Å²) < 4.78 is 9.61. The molecule has 60 heavy (non-hydrogen) atoms. The molecule has 1 fully saturated rings. The Morgan fingerprint density at radius 1 is 0.550 bits per heavy atom. The molecule has 0 spiro atoms. The predicted octanol–water partition coefficient (Wildman–Crippen LogP) is 15.1. The van der Waals surface area contributed by atoms with Gasteiger partial charge in [0.15, 0.2) is 5.58 Å². The standard InChI is InChI=1S/C57H38N2O/c1-4-13-35(14-5-1)39-26-30-51-47(31-39)43-19-10-11-21-50(43)59(51)52-22-12-20-45-54-48(33-41(34-53(54)60-57(45)52)36-15-6-2-7-16-36)42-27-24-40-32-46(40)55-44(42)28-23-38-25-29-49(58-56(38)55)37-17-8-3-9-18-37/h1-31,33-34,46,49,58H,32H2. The summed E-state index contributed by atoms with van der Waals surface area (Å²) >= 11 is 0. The van der Waals surface area contributed by atoms with Gasteiger partial charge in [-0.05, 0) is 98.5 Å². The van der Waals surface area contributed by atoms with Gasteiger partial charge in [-0.3, -0.25) is 0 Å². The number of benzene rings is 8. The van der Waals surface area contributed by atoms with Crippen molar-refractivity contribution in [3.8, 4) is 27.9 Å². The fraction of sp³-hybridized carbons (Fsp3) is 0.0526. The molecule has 282 valence electrons. The number of hydrogen-bond acceptors (Lipinski definition) is 2. The molecule has 3 heterocycles. The Morgan fingerprint density at radius 3 is 2.12 bits per heavy atom. The van der Waals surface area contributed by atoms with Crippen molar-refractivity contribution in [2.75, 3.05) is 5.32 Å². The molecule has 1 N–H and O–H groups in total. The number of fused-ring (bicyclic) bond motifs is 11. The number of hydrogen-bond donors (Lipinski definition) is 1. The van der Waals surface area contributed by atoms with Crippen molar-refractivity contribution < 1.29 is 4.42 Å². The Bertz CT molecular complexity index is 3470. The number of rotatable bonds is 5. The lowest BCUT2D eigenvalue weighted by molar-refractivity contribution is 0.666. The van der Waals surface area contributed by atoms with Gasteiger partial charge in [-0.25, -0.2) is 0 Å². The molecular formula is C57H38N2O. The van der Waals surface area contributed by atoms with E-state index in [1.54, 1.807) is 0 Å². The van der Waals surface area contributed by atoms with E-state index in [9.17, 15) is 0 Å². The number of nitrogens with zero attached hydrogens (tertiary/aromatic N) is 1. The summed E-state index contributed by atoms with van der Waals surface area (Å²) in [5.41, 5.74) is 20.2. The highest BCUT2D eigenvalue weighted by atomic mass is 16.3. The Kier molecular flexibility index (Phi) is 7.20. The Balaban J connectivity index is 1.05. The number of nitrogens with one attached hydrogen (secondary N) is 1. The van der Waals surface area contributed by atoms with Crippen LogP contribution >= 0.6 is 0 Å². The maximum absolute atomic E-state index is 7.21. The SMILES string of the molecule is C1=CC(c2ccccc2)Nc2c1ccc1c2C2CC2=CC=C1c1cc(-c2ccccc2)cc2oc3c(-n4c5ccccc5c5cc(-c6ccccc6)ccc54)cccc3c12. The number of para-hydroxylation sites is 2. The Morgan fingerprint density at radius 2 is 1.28 bits per heavy atom. The van der Waals surface area contributed by atoms with E-state index < -0.39 is 0 Å². The fourth-order valence-electron chi connectivity index (χ4n) is 10.1. The predicted molar refractivity (Wildman–Crippen MR) is 250 cm³/mol. The average molecular weight is 767 g/mol. The number of aromatic nitrogens is 1. The molecule has 3 aliphatic rings. The average Bonchev–Trinajstić information content (AvgIpc) is 3.91. The molecule has 1 aliphatic heterocycles. The molecule has 2 atom stereocenters. The molecule has 3 heteroatoms. The molecule has 0 saturated heterocycles. The summed E-state index contributed by atoms with van der Waals surface area (Å²) in [6.07, 6.45) is 10.5. The lowest BCUT2D eigenvalue weighted by Gasteiger charge is -2.27. The van der Waals surface area contributed by atoms with Gasteiger partial charge < -0.3 is 14.3 Å². The van der Waals surface area contributed by atoms with Gasteiger partial charge in [0.25, 0.3) is 0 Å². The first-order valence-electron chi connectivity index (χ1n) is 21.0. The highest BCUT2D eigenvalue weighted by Crippen LogP contribution is 2.56. The largest absolute Gasteiger partial charge is 0.454 e. The topological polar surface area (TPSA) is 30.1 Å². The fourth-order valence-corrected chi connectivity index (χ4v) is 10.1. The molecular weight excluding hydrogens is 729 g/mol. The van der Waals surface area contributed by atoms with Gasteiger partial charge in [-0.1, -0.05) is 169 Å². The van der Waals surface area contributed by atoms with Crippen LogP contribution in [-0.4, -0.2) is 4.57 Å². The van der Waals surface area contributed by atoms with Crippen LogP contribution in [0.4, 0.5) is 5.69 Å². The zero-order valence-electron chi connectivity index (χ0n) is 32.8.